The van der Waals surface area contributed by atoms with Gasteiger partial charge < -0.3 is 5.32 Å². The molecule has 2 rings (SSSR count). The molecule has 5 heteroatoms. The average molecular weight is 310 g/mol. The molecule has 1 aromatic rings. The van der Waals surface area contributed by atoms with E-state index in [2.05, 4.69) is 24.0 Å². The second-order valence-corrected chi connectivity index (χ2v) is 8.09. The van der Waals surface area contributed by atoms with Crippen LogP contribution in [0.25, 0.3) is 0 Å². The van der Waals surface area contributed by atoms with Crippen LogP contribution in [-0.4, -0.2) is 17.5 Å². The van der Waals surface area contributed by atoms with Crippen molar-refractivity contribution < 1.29 is 0 Å². The van der Waals surface area contributed by atoms with E-state index in [4.69, 9.17) is 23.2 Å². The summed E-state index contributed by atoms with van der Waals surface area (Å²) in [5.41, 5.74) is 1.13. The lowest BCUT2D eigenvalue weighted by Crippen LogP contribution is -2.28. The normalized spacial score (nSPS) is 22.6. The van der Waals surface area contributed by atoms with Gasteiger partial charge in [-0.05, 0) is 37.1 Å². The maximum atomic E-state index is 6.15. The highest BCUT2D eigenvalue weighted by Crippen LogP contribution is 2.35. The molecule has 1 nitrogen and oxygen atoms in total. The van der Waals surface area contributed by atoms with Crippen molar-refractivity contribution in [2.75, 3.05) is 12.3 Å². The van der Waals surface area contributed by atoms with Gasteiger partial charge in [-0.3, -0.25) is 0 Å². The van der Waals surface area contributed by atoms with Gasteiger partial charge in [0.25, 0.3) is 0 Å². The molecule has 1 saturated heterocycles. The van der Waals surface area contributed by atoms with E-state index < -0.39 is 0 Å². The van der Waals surface area contributed by atoms with E-state index >= 15 is 0 Å². The average Bonchev–Trinajstić information content (AvgIpc) is 2.67. The summed E-state index contributed by atoms with van der Waals surface area (Å²) in [6.45, 7) is 3.22. The zero-order valence-electron chi connectivity index (χ0n) is 9.84. The minimum absolute atomic E-state index is 0.286. The largest absolute Gasteiger partial charge is 0.309 e. The van der Waals surface area contributed by atoms with Crippen molar-refractivity contribution in [2.45, 2.75) is 37.5 Å². The van der Waals surface area contributed by atoms with Gasteiger partial charge in [0.05, 0.1) is 8.67 Å². The Labute approximate surface area is 121 Å². The molecule has 0 spiro atoms. The molecular weight excluding hydrogens is 293 g/mol. The smallest absolute Gasteiger partial charge is 0.0991 e. The lowest BCUT2D eigenvalue weighted by Gasteiger charge is -2.23. The Bertz CT molecular complexity index is 361. The van der Waals surface area contributed by atoms with Crippen molar-refractivity contribution in [3.63, 3.8) is 0 Å². The van der Waals surface area contributed by atoms with Crippen LogP contribution in [0, 0.1) is 0 Å². The summed E-state index contributed by atoms with van der Waals surface area (Å²) in [4.78, 5) is 0. The molecule has 0 aromatic carbocycles. The molecule has 17 heavy (non-hydrogen) atoms. The first-order valence-corrected chi connectivity index (χ1v) is 8.58. The zero-order valence-corrected chi connectivity index (χ0v) is 13.0. The van der Waals surface area contributed by atoms with Gasteiger partial charge in [-0.2, -0.15) is 11.8 Å². The van der Waals surface area contributed by atoms with Crippen molar-refractivity contribution in [3.05, 3.63) is 20.3 Å². The van der Waals surface area contributed by atoms with Crippen molar-refractivity contribution in [1.29, 1.82) is 0 Å². The summed E-state index contributed by atoms with van der Waals surface area (Å²) < 4.78 is 1.58. The highest BCUT2D eigenvalue weighted by Gasteiger charge is 2.17. The zero-order chi connectivity index (χ0) is 12.3. The van der Waals surface area contributed by atoms with Crippen molar-refractivity contribution >= 4 is 46.3 Å². The van der Waals surface area contributed by atoms with Crippen LogP contribution in [0.15, 0.2) is 6.07 Å². The Hall–Kier alpha value is 0.590. The van der Waals surface area contributed by atoms with Crippen LogP contribution in [0.2, 0.25) is 8.67 Å². The molecule has 0 aliphatic carbocycles. The van der Waals surface area contributed by atoms with Crippen LogP contribution in [0.1, 0.15) is 37.8 Å². The molecule has 2 heterocycles. The van der Waals surface area contributed by atoms with E-state index in [0.717, 1.165) is 26.0 Å². The van der Waals surface area contributed by atoms with Gasteiger partial charge in [0.2, 0.25) is 0 Å². The SMILES string of the molecule is CC(NCC1CCCCS1)c1cc(Cl)sc1Cl. The molecule has 96 valence electrons. The Balaban J connectivity index is 1.84. The van der Waals surface area contributed by atoms with Crippen LogP contribution in [0.5, 0.6) is 0 Å². The van der Waals surface area contributed by atoms with Crippen LogP contribution in [-0.2, 0) is 0 Å². The van der Waals surface area contributed by atoms with Gasteiger partial charge in [-0.1, -0.05) is 29.6 Å². The molecule has 1 fully saturated rings. The predicted molar refractivity (Wildman–Crippen MR) is 80.9 cm³/mol. The number of thioether (sulfide) groups is 1. The molecule has 2 atom stereocenters. The van der Waals surface area contributed by atoms with Gasteiger partial charge in [-0.25, -0.2) is 0 Å². The van der Waals surface area contributed by atoms with E-state index in [0.29, 0.717) is 0 Å². The monoisotopic (exact) mass is 309 g/mol. The topological polar surface area (TPSA) is 12.0 Å². The van der Waals surface area contributed by atoms with Crippen LogP contribution >= 0.6 is 46.3 Å². The molecule has 1 aromatic heterocycles. The summed E-state index contributed by atoms with van der Waals surface area (Å²) in [5.74, 6) is 1.31. The van der Waals surface area contributed by atoms with Crippen molar-refractivity contribution in [1.82, 2.24) is 5.32 Å². The first kappa shape index (κ1) is 14.0. The number of hydrogen-bond acceptors (Lipinski definition) is 3. The van der Waals surface area contributed by atoms with Crippen LogP contribution in [0.4, 0.5) is 0 Å². The molecule has 0 bridgehead atoms. The van der Waals surface area contributed by atoms with E-state index in [1.807, 2.05) is 6.07 Å². The Morgan fingerprint density at radius 2 is 2.29 bits per heavy atom. The second-order valence-electron chi connectivity index (χ2n) is 4.40. The first-order chi connectivity index (χ1) is 8.16. The van der Waals surface area contributed by atoms with Crippen molar-refractivity contribution in [2.24, 2.45) is 0 Å². The summed E-state index contributed by atoms with van der Waals surface area (Å²) >= 11 is 15.6. The summed E-state index contributed by atoms with van der Waals surface area (Å²) in [5, 5.41) is 4.33. The molecular formula is C12H17Cl2NS2. The number of thiophene rings is 1. The fraction of sp³-hybridized carbons (Fsp3) is 0.667. The molecule has 2 unspecified atom stereocenters. The molecule has 1 aliphatic heterocycles. The minimum atomic E-state index is 0.286. The molecule has 0 saturated carbocycles. The number of rotatable bonds is 4. The maximum absolute atomic E-state index is 6.15. The highest BCUT2D eigenvalue weighted by atomic mass is 35.5. The quantitative estimate of drug-likeness (QED) is 0.840. The van der Waals surface area contributed by atoms with Crippen LogP contribution < -0.4 is 5.32 Å². The van der Waals surface area contributed by atoms with E-state index in [-0.39, 0.29) is 6.04 Å². The lowest BCUT2D eigenvalue weighted by atomic mass is 10.1. The maximum Gasteiger partial charge on any atom is 0.0991 e. The summed E-state index contributed by atoms with van der Waals surface area (Å²) in [6, 6.07) is 2.26. The van der Waals surface area contributed by atoms with Gasteiger partial charge >= 0.3 is 0 Å². The highest BCUT2D eigenvalue weighted by molar-refractivity contribution is 7.99. The Morgan fingerprint density at radius 3 is 2.88 bits per heavy atom. The minimum Gasteiger partial charge on any atom is -0.309 e. The number of hydrogen-bond donors (Lipinski definition) is 1. The third-order valence-electron chi connectivity index (χ3n) is 3.08. The van der Waals surface area contributed by atoms with E-state index in [1.165, 1.54) is 36.4 Å². The van der Waals surface area contributed by atoms with Gasteiger partial charge in [0.15, 0.2) is 0 Å². The fourth-order valence-electron chi connectivity index (χ4n) is 2.03. The van der Waals surface area contributed by atoms with Gasteiger partial charge in [-0.15, -0.1) is 11.3 Å². The summed E-state index contributed by atoms with van der Waals surface area (Å²) in [6.07, 6.45) is 4.09. The number of nitrogens with one attached hydrogen (secondary N) is 1. The molecule has 0 amide bonds. The van der Waals surface area contributed by atoms with Gasteiger partial charge in [0.1, 0.15) is 0 Å². The third kappa shape index (κ3) is 4.03. The first-order valence-electron chi connectivity index (χ1n) is 5.96. The van der Waals surface area contributed by atoms with E-state index in [9.17, 15) is 0 Å². The van der Waals surface area contributed by atoms with E-state index in [1.54, 1.807) is 0 Å². The lowest BCUT2D eigenvalue weighted by molar-refractivity contribution is 0.539. The summed E-state index contributed by atoms with van der Waals surface area (Å²) in [7, 11) is 0. The molecule has 1 aliphatic rings. The molecule has 1 N–H and O–H groups in total. The number of halogens is 2. The van der Waals surface area contributed by atoms with Crippen LogP contribution in [0.3, 0.4) is 0 Å². The van der Waals surface area contributed by atoms with Crippen molar-refractivity contribution in [3.8, 4) is 0 Å². The third-order valence-corrected chi connectivity index (χ3v) is 5.99. The molecule has 0 radical (unpaired) electrons. The Morgan fingerprint density at radius 1 is 1.47 bits per heavy atom. The van der Waals surface area contributed by atoms with Gasteiger partial charge in [0, 0.05) is 17.8 Å². The second kappa shape index (κ2) is 6.67. The Kier molecular flexibility index (Phi) is 5.50. The standard InChI is InChI=1S/C12H17Cl2NS2/c1-8(10-6-11(13)17-12(10)14)15-7-9-4-2-3-5-16-9/h6,8-9,15H,2-5,7H2,1H3. The fourth-order valence-corrected chi connectivity index (χ4v) is 4.93. The predicted octanol–water partition coefficient (Wildman–Crippen LogP) is 4.99.